The second-order valence-electron chi connectivity index (χ2n) is 5.02. The van der Waals surface area contributed by atoms with Gasteiger partial charge in [-0.05, 0) is 43.1 Å². The summed E-state index contributed by atoms with van der Waals surface area (Å²) in [6, 6.07) is 5.74. The van der Waals surface area contributed by atoms with Crippen LogP contribution in [0, 0.1) is 11.7 Å². The van der Waals surface area contributed by atoms with Gasteiger partial charge in [0.2, 0.25) is 0 Å². The van der Waals surface area contributed by atoms with Crippen LogP contribution in [0.15, 0.2) is 24.3 Å². The fourth-order valence-electron chi connectivity index (χ4n) is 2.30. The first-order valence-corrected chi connectivity index (χ1v) is 6.57. The van der Waals surface area contributed by atoms with Crippen LogP contribution in [0.25, 0.3) is 0 Å². The fraction of sp³-hybridized carbons (Fsp3) is 0.571. The summed E-state index contributed by atoms with van der Waals surface area (Å²) in [7, 11) is 0. The Bertz CT molecular complexity index is 385. The molecule has 5 heteroatoms. The molecule has 2 unspecified atom stereocenters. The van der Waals surface area contributed by atoms with Gasteiger partial charge in [0, 0.05) is 19.7 Å². The Morgan fingerprint density at radius 2 is 2.11 bits per heavy atom. The van der Waals surface area contributed by atoms with E-state index in [9.17, 15) is 9.50 Å². The predicted molar refractivity (Wildman–Crippen MR) is 69.5 cm³/mol. The lowest BCUT2D eigenvalue weighted by Gasteiger charge is -2.20. The van der Waals surface area contributed by atoms with Gasteiger partial charge in [-0.2, -0.15) is 0 Å². The molecule has 1 aromatic rings. The maximum atomic E-state index is 12.7. The standard InChI is InChI=1S/C14H20FNO3/c15-12-1-3-14(4-2-12)19-10-13(18)8-16-6-5-11(7-16)9-17/h1-4,11,13,17-18H,5-10H2. The predicted octanol–water partition coefficient (Wildman–Crippen LogP) is 0.880. The maximum Gasteiger partial charge on any atom is 0.123 e. The lowest BCUT2D eigenvalue weighted by molar-refractivity contribution is 0.0735. The van der Waals surface area contributed by atoms with Gasteiger partial charge < -0.3 is 19.8 Å². The van der Waals surface area contributed by atoms with Crippen LogP contribution in [0.5, 0.6) is 5.75 Å². The molecule has 1 aromatic carbocycles. The lowest BCUT2D eigenvalue weighted by atomic mass is 10.1. The number of halogens is 1. The number of β-amino-alcohol motifs (C(OH)–C–C–N with tert-alkyl or cyclic N) is 1. The first-order chi connectivity index (χ1) is 9.17. The maximum absolute atomic E-state index is 12.7. The molecule has 0 spiro atoms. The molecule has 1 fully saturated rings. The molecular formula is C14H20FNO3. The number of aliphatic hydroxyl groups is 2. The summed E-state index contributed by atoms with van der Waals surface area (Å²) >= 11 is 0. The quantitative estimate of drug-likeness (QED) is 0.805. The first-order valence-electron chi connectivity index (χ1n) is 6.57. The number of likely N-dealkylation sites (tertiary alicyclic amines) is 1. The molecular weight excluding hydrogens is 249 g/mol. The van der Waals surface area contributed by atoms with Crippen LogP contribution < -0.4 is 4.74 Å². The second-order valence-corrected chi connectivity index (χ2v) is 5.02. The fourth-order valence-corrected chi connectivity index (χ4v) is 2.30. The zero-order valence-electron chi connectivity index (χ0n) is 10.8. The van der Waals surface area contributed by atoms with Gasteiger partial charge in [0.05, 0.1) is 0 Å². The minimum absolute atomic E-state index is 0.186. The number of ether oxygens (including phenoxy) is 1. The highest BCUT2D eigenvalue weighted by Gasteiger charge is 2.23. The molecule has 0 amide bonds. The molecule has 1 heterocycles. The number of benzene rings is 1. The summed E-state index contributed by atoms with van der Waals surface area (Å²) in [6.45, 7) is 2.66. The van der Waals surface area contributed by atoms with Gasteiger partial charge >= 0.3 is 0 Å². The van der Waals surface area contributed by atoms with Crippen molar-refractivity contribution in [2.45, 2.75) is 12.5 Å². The van der Waals surface area contributed by atoms with E-state index in [4.69, 9.17) is 9.84 Å². The summed E-state index contributed by atoms with van der Waals surface area (Å²) in [4.78, 5) is 2.12. The number of nitrogens with zero attached hydrogens (tertiary/aromatic N) is 1. The van der Waals surface area contributed by atoms with Crippen LogP contribution in [0.1, 0.15) is 6.42 Å². The Kier molecular flexibility index (Phi) is 5.13. The molecule has 0 saturated carbocycles. The van der Waals surface area contributed by atoms with Crippen LogP contribution in [0.4, 0.5) is 4.39 Å². The zero-order chi connectivity index (χ0) is 13.7. The minimum atomic E-state index is -0.581. The number of hydrogen-bond acceptors (Lipinski definition) is 4. The summed E-state index contributed by atoms with van der Waals surface area (Å²) in [5.41, 5.74) is 0. The zero-order valence-corrected chi connectivity index (χ0v) is 10.8. The van der Waals surface area contributed by atoms with Gasteiger partial charge in [0.1, 0.15) is 24.3 Å². The van der Waals surface area contributed by atoms with Gasteiger partial charge in [0.25, 0.3) is 0 Å². The van der Waals surface area contributed by atoms with Crippen LogP contribution in [0.2, 0.25) is 0 Å². The minimum Gasteiger partial charge on any atom is -0.491 e. The van der Waals surface area contributed by atoms with E-state index in [1.54, 1.807) is 12.1 Å². The molecule has 0 bridgehead atoms. The third-order valence-electron chi connectivity index (χ3n) is 3.35. The molecule has 2 atom stereocenters. The van der Waals surface area contributed by atoms with Crippen LogP contribution in [0.3, 0.4) is 0 Å². The Balaban J connectivity index is 1.70. The highest BCUT2D eigenvalue weighted by atomic mass is 19.1. The van der Waals surface area contributed by atoms with Crippen LogP contribution >= 0.6 is 0 Å². The lowest BCUT2D eigenvalue weighted by Crippen LogP contribution is -2.34. The van der Waals surface area contributed by atoms with E-state index < -0.39 is 6.10 Å². The van der Waals surface area contributed by atoms with Gasteiger partial charge in [0.15, 0.2) is 0 Å². The molecule has 19 heavy (non-hydrogen) atoms. The summed E-state index contributed by atoms with van der Waals surface area (Å²) in [5, 5.41) is 18.9. The molecule has 1 aliphatic rings. The van der Waals surface area contributed by atoms with E-state index in [-0.39, 0.29) is 19.0 Å². The van der Waals surface area contributed by atoms with Gasteiger partial charge in [-0.3, -0.25) is 0 Å². The molecule has 106 valence electrons. The molecule has 0 radical (unpaired) electrons. The Hall–Kier alpha value is -1.17. The first kappa shape index (κ1) is 14.2. The van der Waals surface area contributed by atoms with E-state index in [0.29, 0.717) is 18.2 Å². The SMILES string of the molecule is OCC1CCN(CC(O)COc2ccc(F)cc2)C1. The number of rotatable bonds is 6. The van der Waals surface area contributed by atoms with Crippen molar-refractivity contribution < 1.29 is 19.3 Å². The van der Waals surface area contributed by atoms with Gasteiger partial charge in [-0.1, -0.05) is 0 Å². The van der Waals surface area contributed by atoms with Crippen molar-refractivity contribution in [1.82, 2.24) is 4.90 Å². The van der Waals surface area contributed by atoms with E-state index >= 15 is 0 Å². The largest absolute Gasteiger partial charge is 0.491 e. The summed E-state index contributed by atoms with van der Waals surface area (Å²) < 4.78 is 18.1. The van der Waals surface area contributed by atoms with E-state index in [2.05, 4.69) is 4.90 Å². The van der Waals surface area contributed by atoms with Crippen molar-refractivity contribution in [2.24, 2.45) is 5.92 Å². The number of hydrogen-bond donors (Lipinski definition) is 2. The molecule has 2 rings (SSSR count). The third kappa shape index (κ3) is 4.45. The highest BCUT2D eigenvalue weighted by Crippen LogP contribution is 2.16. The Morgan fingerprint density at radius 1 is 1.37 bits per heavy atom. The van der Waals surface area contributed by atoms with Crippen LogP contribution in [-0.4, -0.2) is 54.1 Å². The van der Waals surface area contributed by atoms with Crippen molar-refractivity contribution >= 4 is 0 Å². The van der Waals surface area contributed by atoms with Crippen molar-refractivity contribution in [3.8, 4) is 5.75 Å². The van der Waals surface area contributed by atoms with E-state index in [0.717, 1.165) is 19.5 Å². The van der Waals surface area contributed by atoms with Gasteiger partial charge in [-0.15, -0.1) is 0 Å². The molecule has 2 N–H and O–H groups in total. The average Bonchev–Trinajstić information content (AvgIpc) is 2.86. The topological polar surface area (TPSA) is 52.9 Å². The monoisotopic (exact) mass is 269 g/mol. The molecule has 1 aliphatic heterocycles. The highest BCUT2D eigenvalue weighted by molar-refractivity contribution is 5.22. The van der Waals surface area contributed by atoms with Crippen molar-refractivity contribution in [2.75, 3.05) is 32.8 Å². The molecule has 1 saturated heterocycles. The molecule has 4 nitrogen and oxygen atoms in total. The number of aliphatic hydroxyl groups excluding tert-OH is 2. The van der Waals surface area contributed by atoms with Crippen LogP contribution in [-0.2, 0) is 0 Å². The smallest absolute Gasteiger partial charge is 0.123 e. The average molecular weight is 269 g/mol. The van der Waals surface area contributed by atoms with E-state index in [1.165, 1.54) is 12.1 Å². The molecule has 0 aliphatic carbocycles. The molecule has 0 aromatic heterocycles. The Morgan fingerprint density at radius 3 is 2.74 bits per heavy atom. The summed E-state index contributed by atoms with van der Waals surface area (Å²) in [6.07, 6.45) is 0.393. The van der Waals surface area contributed by atoms with Gasteiger partial charge in [-0.25, -0.2) is 4.39 Å². The normalized spacial score (nSPS) is 21.5. The van der Waals surface area contributed by atoms with Crippen molar-refractivity contribution in [1.29, 1.82) is 0 Å². The Labute approximate surface area is 112 Å². The second kappa shape index (κ2) is 6.84. The third-order valence-corrected chi connectivity index (χ3v) is 3.35. The van der Waals surface area contributed by atoms with Crippen molar-refractivity contribution in [3.05, 3.63) is 30.1 Å². The summed E-state index contributed by atoms with van der Waals surface area (Å²) in [5.74, 6) is 0.570. The van der Waals surface area contributed by atoms with E-state index in [1.807, 2.05) is 0 Å². The van der Waals surface area contributed by atoms with Crippen molar-refractivity contribution in [3.63, 3.8) is 0 Å².